The van der Waals surface area contributed by atoms with Gasteiger partial charge in [-0.3, -0.25) is 0 Å². The highest BCUT2D eigenvalue weighted by Gasteiger charge is 2.05. The van der Waals surface area contributed by atoms with Crippen molar-refractivity contribution in [3.05, 3.63) is 65.7 Å². The lowest BCUT2D eigenvalue weighted by atomic mass is 10.2. The Balaban J connectivity index is 1.59. The van der Waals surface area contributed by atoms with E-state index < -0.39 is 0 Å². The Kier molecular flexibility index (Phi) is 5.92. The SMILES string of the molecule is COCCc1nsc(Nc2cccc(OCc3ccc(F)cc3)c2)n1. The molecule has 0 radical (unpaired) electrons. The third-order valence-electron chi connectivity index (χ3n) is 3.40. The fourth-order valence-corrected chi connectivity index (χ4v) is 2.77. The van der Waals surface area contributed by atoms with Crippen molar-refractivity contribution in [2.75, 3.05) is 19.0 Å². The minimum Gasteiger partial charge on any atom is -0.489 e. The molecule has 0 amide bonds. The maximum atomic E-state index is 12.9. The van der Waals surface area contributed by atoms with Crippen molar-refractivity contribution in [2.24, 2.45) is 0 Å². The van der Waals surface area contributed by atoms with Crippen LogP contribution in [0.15, 0.2) is 48.5 Å². The molecule has 1 heterocycles. The van der Waals surface area contributed by atoms with Gasteiger partial charge in [0.15, 0.2) is 0 Å². The van der Waals surface area contributed by atoms with E-state index in [4.69, 9.17) is 9.47 Å². The van der Waals surface area contributed by atoms with Crippen molar-refractivity contribution < 1.29 is 13.9 Å². The molecule has 2 aromatic carbocycles. The van der Waals surface area contributed by atoms with E-state index in [-0.39, 0.29) is 5.82 Å². The van der Waals surface area contributed by atoms with Crippen molar-refractivity contribution in [1.29, 1.82) is 0 Å². The Morgan fingerprint density at radius 1 is 1.16 bits per heavy atom. The first-order chi connectivity index (χ1) is 12.2. The number of rotatable bonds is 8. The average molecular weight is 359 g/mol. The summed E-state index contributed by atoms with van der Waals surface area (Å²) in [6, 6.07) is 13.9. The number of ether oxygens (including phenoxy) is 2. The van der Waals surface area contributed by atoms with Gasteiger partial charge in [0.1, 0.15) is 24.0 Å². The van der Waals surface area contributed by atoms with Crippen LogP contribution in [-0.4, -0.2) is 23.1 Å². The summed E-state index contributed by atoms with van der Waals surface area (Å²) >= 11 is 1.31. The first kappa shape index (κ1) is 17.3. The van der Waals surface area contributed by atoms with Gasteiger partial charge >= 0.3 is 0 Å². The topological polar surface area (TPSA) is 56.3 Å². The predicted octanol–water partition coefficient (Wildman–Crippen LogP) is 4.19. The zero-order valence-electron chi connectivity index (χ0n) is 13.7. The summed E-state index contributed by atoms with van der Waals surface area (Å²) in [4.78, 5) is 4.41. The van der Waals surface area contributed by atoms with E-state index in [1.165, 1.54) is 23.7 Å². The predicted molar refractivity (Wildman–Crippen MR) is 95.9 cm³/mol. The molecule has 0 atom stereocenters. The van der Waals surface area contributed by atoms with Gasteiger partial charge in [0.2, 0.25) is 5.13 Å². The number of hydrogen-bond acceptors (Lipinski definition) is 6. The highest BCUT2D eigenvalue weighted by atomic mass is 32.1. The smallest absolute Gasteiger partial charge is 0.207 e. The second kappa shape index (κ2) is 8.55. The zero-order chi connectivity index (χ0) is 17.5. The van der Waals surface area contributed by atoms with Gasteiger partial charge in [-0.05, 0) is 29.8 Å². The van der Waals surface area contributed by atoms with Crippen LogP contribution in [0, 0.1) is 5.82 Å². The summed E-state index contributed by atoms with van der Waals surface area (Å²) in [5.41, 5.74) is 1.78. The van der Waals surface area contributed by atoms with E-state index in [9.17, 15) is 4.39 Å². The number of nitrogens with one attached hydrogen (secondary N) is 1. The molecule has 130 valence electrons. The first-order valence-electron chi connectivity index (χ1n) is 7.79. The molecule has 0 aliphatic carbocycles. The first-order valence-corrected chi connectivity index (χ1v) is 8.56. The number of hydrogen-bond donors (Lipinski definition) is 1. The summed E-state index contributed by atoms with van der Waals surface area (Å²) in [6.45, 7) is 0.979. The van der Waals surface area contributed by atoms with Gasteiger partial charge in [0.05, 0.1) is 6.61 Å². The summed E-state index contributed by atoms with van der Waals surface area (Å²) in [6.07, 6.45) is 0.690. The standard InChI is InChI=1S/C18H18FN3O2S/c1-23-10-9-17-21-18(25-22-17)20-15-3-2-4-16(11-15)24-12-13-5-7-14(19)8-6-13/h2-8,11H,9-10,12H2,1H3,(H,20,21,22). The molecule has 0 aliphatic heterocycles. The summed E-state index contributed by atoms with van der Waals surface area (Å²) in [7, 11) is 1.66. The molecule has 0 unspecified atom stereocenters. The van der Waals surface area contributed by atoms with Crippen LogP contribution in [-0.2, 0) is 17.8 Å². The number of nitrogens with zero attached hydrogens (tertiary/aromatic N) is 2. The largest absolute Gasteiger partial charge is 0.489 e. The molecule has 1 aromatic heterocycles. The van der Waals surface area contributed by atoms with Gasteiger partial charge in [0, 0.05) is 36.8 Å². The molecule has 5 nitrogen and oxygen atoms in total. The van der Waals surface area contributed by atoms with Gasteiger partial charge < -0.3 is 14.8 Å². The van der Waals surface area contributed by atoms with Gasteiger partial charge in [-0.15, -0.1) is 0 Å². The van der Waals surface area contributed by atoms with E-state index in [0.29, 0.717) is 19.6 Å². The lowest BCUT2D eigenvalue weighted by Gasteiger charge is -2.08. The Labute approximate surface area is 149 Å². The maximum Gasteiger partial charge on any atom is 0.207 e. The Morgan fingerprint density at radius 3 is 2.80 bits per heavy atom. The van der Waals surface area contributed by atoms with Crippen LogP contribution < -0.4 is 10.1 Å². The molecular formula is C18H18FN3O2S. The summed E-state index contributed by atoms with van der Waals surface area (Å²) in [5.74, 6) is 1.23. The fraction of sp³-hybridized carbons (Fsp3) is 0.222. The highest BCUT2D eigenvalue weighted by molar-refractivity contribution is 7.09. The number of halogens is 1. The molecule has 0 aliphatic rings. The minimum absolute atomic E-state index is 0.253. The van der Waals surface area contributed by atoms with Crippen molar-refractivity contribution >= 4 is 22.4 Å². The van der Waals surface area contributed by atoms with E-state index in [0.717, 1.165) is 28.0 Å². The molecule has 0 saturated carbocycles. The van der Waals surface area contributed by atoms with Gasteiger partial charge in [-0.2, -0.15) is 4.37 Å². The van der Waals surface area contributed by atoms with Gasteiger partial charge in [0.25, 0.3) is 0 Å². The molecule has 0 fully saturated rings. The number of aromatic nitrogens is 2. The Hall–Kier alpha value is -2.51. The van der Waals surface area contributed by atoms with Crippen LogP contribution >= 0.6 is 11.5 Å². The fourth-order valence-electron chi connectivity index (χ4n) is 2.13. The van der Waals surface area contributed by atoms with Gasteiger partial charge in [-0.25, -0.2) is 9.37 Å². The number of anilines is 2. The van der Waals surface area contributed by atoms with Crippen molar-refractivity contribution in [2.45, 2.75) is 13.0 Å². The van der Waals surface area contributed by atoms with Gasteiger partial charge in [-0.1, -0.05) is 18.2 Å². The second-order valence-corrected chi connectivity index (χ2v) is 6.08. The van der Waals surface area contributed by atoms with E-state index in [1.54, 1.807) is 19.2 Å². The maximum absolute atomic E-state index is 12.9. The second-order valence-electron chi connectivity index (χ2n) is 5.33. The van der Waals surface area contributed by atoms with E-state index in [1.807, 2.05) is 24.3 Å². The minimum atomic E-state index is -0.253. The number of benzene rings is 2. The molecule has 1 N–H and O–H groups in total. The third-order valence-corrected chi connectivity index (χ3v) is 4.07. The van der Waals surface area contributed by atoms with Crippen LogP contribution in [0.3, 0.4) is 0 Å². The quantitative estimate of drug-likeness (QED) is 0.654. The highest BCUT2D eigenvalue weighted by Crippen LogP contribution is 2.23. The summed E-state index contributed by atoms with van der Waals surface area (Å²) in [5, 5.41) is 3.95. The van der Waals surface area contributed by atoms with Crippen LogP contribution in [0.2, 0.25) is 0 Å². The van der Waals surface area contributed by atoms with E-state index in [2.05, 4.69) is 14.7 Å². The monoisotopic (exact) mass is 359 g/mol. The molecule has 25 heavy (non-hydrogen) atoms. The number of methoxy groups -OCH3 is 1. The lowest BCUT2D eigenvalue weighted by Crippen LogP contribution is -1.98. The van der Waals surface area contributed by atoms with Crippen LogP contribution in [0.5, 0.6) is 5.75 Å². The lowest BCUT2D eigenvalue weighted by molar-refractivity contribution is 0.201. The zero-order valence-corrected chi connectivity index (χ0v) is 14.6. The third kappa shape index (κ3) is 5.23. The molecular weight excluding hydrogens is 341 g/mol. The average Bonchev–Trinajstić information content (AvgIpc) is 3.07. The molecule has 0 bridgehead atoms. The summed E-state index contributed by atoms with van der Waals surface area (Å²) < 4.78 is 28.0. The molecule has 0 saturated heterocycles. The molecule has 3 aromatic rings. The van der Waals surface area contributed by atoms with Crippen molar-refractivity contribution in [3.8, 4) is 5.75 Å². The Morgan fingerprint density at radius 2 is 2.00 bits per heavy atom. The van der Waals surface area contributed by atoms with Crippen LogP contribution in [0.1, 0.15) is 11.4 Å². The molecule has 3 rings (SSSR count). The van der Waals surface area contributed by atoms with Crippen LogP contribution in [0.4, 0.5) is 15.2 Å². The molecule has 7 heteroatoms. The normalized spacial score (nSPS) is 10.6. The van der Waals surface area contributed by atoms with Crippen LogP contribution in [0.25, 0.3) is 0 Å². The van der Waals surface area contributed by atoms with Crippen molar-refractivity contribution in [1.82, 2.24) is 9.36 Å². The van der Waals surface area contributed by atoms with E-state index >= 15 is 0 Å². The Bertz CT molecular complexity index is 808. The molecule has 0 spiro atoms. The van der Waals surface area contributed by atoms with Crippen molar-refractivity contribution in [3.63, 3.8) is 0 Å².